The Balaban J connectivity index is 2.09. The lowest BCUT2D eigenvalue weighted by Crippen LogP contribution is -2.29. The molecule has 0 aliphatic heterocycles. The zero-order valence-electron chi connectivity index (χ0n) is 14.1. The summed E-state index contributed by atoms with van der Waals surface area (Å²) >= 11 is 5.71. The van der Waals surface area contributed by atoms with E-state index >= 15 is 0 Å². The van der Waals surface area contributed by atoms with Crippen LogP contribution in [0.5, 0.6) is 0 Å². The summed E-state index contributed by atoms with van der Waals surface area (Å²) in [5.74, 6) is -0.683. The number of carbonyl (C=O) groups excluding carboxylic acids is 1. The maximum Gasteiger partial charge on any atom is 0.416 e. The number of anilines is 2. The largest absolute Gasteiger partial charge is 0.416 e. The molecule has 0 spiro atoms. The number of hydrogen-bond donors (Lipinski definition) is 2. The number of hydrogen-bond acceptors (Lipinski definition) is 3. The maximum absolute atomic E-state index is 12.8. The Bertz CT molecular complexity index is 805. The second kappa shape index (κ2) is 8.27. The Morgan fingerprint density at radius 3 is 1.89 bits per heavy atom. The molecular formula is C17H13ClF6N2O2. The number of amides is 1. The van der Waals surface area contributed by atoms with Crippen LogP contribution in [0, 0.1) is 0 Å². The predicted molar refractivity (Wildman–Crippen MR) is 90.7 cm³/mol. The summed E-state index contributed by atoms with van der Waals surface area (Å²) in [7, 11) is 0. The quantitative estimate of drug-likeness (QED) is 0.473. The molecular weight excluding hydrogens is 414 g/mol. The van der Waals surface area contributed by atoms with Gasteiger partial charge in [-0.1, -0.05) is 11.6 Å². The van der Waals surface area contributed by atoms with Crippen LogP contribution in [0.2, 0.25) is 5.02 Å². The van der Waals surface area contributed by atoms with Crippen molar-refractivity contribution in [3.05, 3.63) is 58.6 Å². The van der Waals surface area contributed by atoms with Crippen molar-refractivity contribution in [3.63, 3.8) is 0 Å². The number of halogens is 7. The first-order valence-corrected chi connectivity index (χ1v) is 8.01. The van der Waals surface area contributed by atoms with E-state index in [4.69, 9.17) is 16.4 Å². The molecule has 1 atom stereocenters. The molecule has 0 heterocycles. The highest BCUT2D eigenvalue weighted by molar-refractivity contribution is 6.30. The Hall–Kier alpha value is -2.46. The molecule has 2 aromatic rings. The standard InChI is InChI=1S/C17H13ClF6N2O2/c1-9(15(27)25-13-4-2-12(18)3-5-13)28-26-14-7-10(16(19,20)21)6-11(8-14)17(22,23)24/h2-9,26H,1H3,(H,25,27). The van der Waals surface area contributed by atoms with Gasteiger partial charge in [-0.25, -0.2) is 0 Å². The van der Waals surface area contributed by atoms with Crippen molar-refractivity contribution in [2.24, 2.45) is 0 Å². The molecule has 4 nitrogen and oxygen atoms in total. The third-order valence-corrected chi connectivity index (χ3v) is 3.67. The van der Waals surface area contributed by atoms with E-state index < -0.39 is 41.2 Å². The minimum absolute atomic E-state index is 0.0121. The van der Waals surface area contributed by atoms with Crippen LogP contribution in [0.3, 0.4) is 0 Å². The van der Waals surface area contributed by atoms with Crippen LogP contribution >= 0.6 is 11.6 Å². The fourth-order valence-electron chi connectivity index (χ4n) is 2.00. The molecule has 1 amide bonds. The van der Waals surface area contributed by atoms with Crippen LogP contribution in [0.1, 0.15) is 18.1 Å². The topological polar surface area (TPSA) is 50.4 Å². The Morgan fingerprint density at radius 1 is 0.929 bits per heavy atom. The highest BCUT2D eigenvalue weighted by atomic mass is 35.5. The van der Waals surface area contributed by atoms with E-state index in [-0.39, 0.29) is 6.07 Å². The normalized spacial score (nSPS) is 13.1. The van der Waals surface area contributed by atoms with Crippen LogP contribution < -0.4 is 10.8 Å². The van der Waals surface area contributed by atoms with Crippen LogP contribution in [-0.4, -0.2) is 12.0 Å². The van der Waals surface area contributed by atoms with Crippen LogP contribution in [0.15, 0.2) is 42.5 Å². The molecule has 11 heteroatoms. The van der Waals surface area contributed by atoms with Gasteiger partial charge in [0.25, 0.3) is 5.91 Å². The van der Waals surface area contributed by atoms with E-state index in [9.17, 15) is 31.1 Å². The number of rotatable bonds is 5. The Labute approximate surface area is 160 Å². The average molecular weight is 427 g/mol. The molecule has 0 saturated heterocycles. The van der Waals surface area contributed by atoms with Crippen molar-refractivity contribution in [2.75, 3.05) is 10.8 Å². The van der Waals surface area contributed by atoms with Crippen molar-refractivity contribution < 1.29 is 36.0 Å². The first-order valence-electron chi connectivity index (χ1n) is 7.64. The average Bonchev–Trinajstić information content (AvgIpc) is 2.59. The lowest BCUT2D eigenvalue weighted by atomic mass is 10.1. The first-order chi connectivity index (χ1) is 12.9. The lowest BCUT2D eigenvalue weighted by Gasteiger charge is -2.17. The fourth-order valence-corrected chi connectivity index (χ4v) is 2.13. The number of alkyl halides is 6. The summed E-state index contributed by atoms with van der Waals surface area (Å²) in [6.07, 6.45) is -11.2. The van der Waals surface area contributed by atoms with E-state index in [2.05, 4.69) is 5.32 Å². The van der Waals surface area contributed by atoms with Gasteiger partial charge in [0.05, 0.1) is 16.8 Å². The summed E-state index contributed by atoms with van der Waals surface area (Å²) < 4.78 is 76.9. The molecule has 1 unspecified atom stereocenters. The molecule has 2 aromatic carbocycles. The monoisotopic (exact) mass is 426 g/mol. The minimum Gasteiger partial charge on any atom is -0.324 e. The molecule has 2 N–H and O–H groups in total. The van der Waals surface area contributed by atoms with Gasteiger partial charge in [-0.2, -0.15) is 26.3 Å². The van der Waals surface area contributed by atoms with Crippen LogP contribution in [0.4, 0.5) is 37.7 Å². The van der Waals surface area contributed by atoms with Gasteiger partial charge < -0.3 is 5.32 Å². The number of carbonyl (C=O) groups is 1. The van der Waals surface area contributed by atoms with Crippen molar-refractivity contribution in [1.29, 1.82) is 0 Å². The molecule has 0 bridgehead atoms. The van der Waals surface area contributed by atoms with Crippen molar-refractivity contribution >= 4 is 28.9 Å². The van der Waals surface area contributed by atoms with Gasteiger partial charge >= 0.3 is 12.4 Å². The third-order valence-electron chi connectivity index (χ3n) is 3.42. The highest BCUT2D eigenvalue weighted by Crippen LogP contribution is 2.37. The van der Waals surface area contributed by atoms with Crippen molar-refractivity contribution in [3.8, 4) is 0 Å². The maximum atomic E-state index is 12.8. The summed E-state index contributed by atoms with van der Waals surface area (Å²) in [6, 6.07) is 6.91. The van der Waals surface area contributed by atoms with Gasteiger partial charge in [0.2, 0.25) is 0 Å². The van der Waals surface area contributed by atoms with E-state index in [0.29, 0.717) is 22.8 Å². The van der Waals surface area contributed by atoms with E-state index in [0.717, 1.165) is 0 Å². The van der Waals surface area contributed by atoms with Crippen molar-refractivity contribution in [1.82, 2.24) is 0 Å². The molecule has 0 aliphatic rings. The molecule has 28 heavy (non-hydrogen) atoms. The zero-order chi connectivity index (χ0) is 21.1. The van der Waals surface area contributed by atoms with Gasteiger partial charge in [0.15, 0.2) is 6.10 Å². The smallest absolute Gasteiger partial charge is 0.324 e. The second-order valence-electron chi connectivity index (χ2n) is 5.65. The Morgan fingerprint density at radius 2 is 1.43 bits per heavy atom. The van der Waals surface area contributed by atoms with Crippen LogP contribution in [-0.2, 0) is 22.0 Å². The SMILES string of the molecule is CC(ONc1cc(C(F)(F)F)cc(C(F)(F)F)c1)C(=O)Nc1ccc(Cl)cc1. The minimum atomic E-state index is -4.99. The summed E-state index contributed by atoms with van der Waals surface area (Å²) in [5, 5.41) is 2.89. The molecule has 0 fully saturated rings. The van der Waals surface area contributed by atoms with Gasteiger partial charge in [-0.05, 0) is 49.4 Å². The molecule has 0 radical (unpaired) electrons. The van der Waals surface area contributed by atoms with Crippen LogP contribution in [0.25, 0.3) is 0 Å². The fraction of sp³-hybridized carbons (Fsp3) is 0.235. The van der Waals surface area contributed by atoms with Gasteiger partial charge in [-0.15, -0.1) is 0 Å². The van der Waals surface area contributed by atoms with E-state index in [1.807, 2.05) is 5.48 Å². The molecule has 0 aliphatic carbocycles. The second-order valence-corrected chi connectivity index (χ2v) is 6.09. The Kier molecular flexibility index (Phi) is 6.45. The van der Waals surface area contributed by atoms with Gasteiger partial charge in [-0.3, -0.25) is 15.1 Å². The van der Waals surface area contributed by atoms with Gasteiger partial charge in [0, 0.05) is 10.7 Å². The summed E-state index contributed by atoms with van der Waals surface area (Å²) in [5.41, 5.74) is -1.28. The molecule has 152 valence electrons. The number of nitrogens with one attached hydrogen (secondary N) is 2. The molecule has 0 saturated carbocycles. The van der Waals surface area contributed by atoms with Gasteiger partial charge in [0.1, 0.15) is 0 Å². The van der Waals surface area contributed by atoms with E-state index in [1.165, 1.54) is 31.2 Å². The molecule has 0 aromatic heterocycles. The lowest BCUT2D eigenvalue weighted by molar-refractivity contribution is -0.143. The van der Waals surface area contributed by atoms with Crippen molar-refractivity contribution in [2.45, 2.75) is 25.4 Å². The highest BCUT2D eigenvalue weighted by Gasteiger charge is 2.37. The predicted octanol–water partition coefficient (Wildman–Crippen LogP) is 5.75. The summed E-state index contributed by atoms with van der Waals surface area (Å²) in [4.78, 5) is 16.9. The molecule has 2 rings (SSSR count). The van der Waals surface area contributed by atoms with E-state index in [1.54, 1.807) is 0 Å². The summed E-state index contributed by atoms with van der Waals surface area (Å²) in [6.45, 7) is 1.26. The number of benzene rings is 2. The third kappa shape index (κ3) is 6.03. The first kappa shape index (κ1) is 21.8. The zero-order valence-corrected chi connectivity index (χ0v) is 14.8.